The van der Waals surface area contributed by atoms with Crippen LogP contribution in [0.2, 0.25) is 0 Å². The van der Waals surface area contributed by atoms with Crippen LogP contribution < -0.4 is 10.9 Å². The van der Waals surface area contributed by atoms with Crippen molar-refractivity contribution >= 4 is 11.6 Å². The van der Waals surface area contributed by atoms with Crippen LogP contribution in [0, 0.1) is 11.3 Å². The van der Waals surface area contributed by atoms with Crippen LogP contribution in [0.5, 0.6) is 5.75 Å². The molecule has 3 heterocycles. The Balaban J connectivity index is 1.98. The highest BCUT2D eigenvalue weighted by atomic mass is 19.4. The maximum absolute atomic E-state index is 14.9. The summed E-state index contributed by atoms with van der Waals surface area (Å²) in [7, 11) is 2.52. The smallest absolute Gasteiger partial charge is 0.399 e. The molecule has 0 spiro atoms. The molecule has 1 aromatic carbocycles. The number of nitrogens with one attached hydrogen (secondary N) is 1. The summed E-state index contributed by atoms with van der Waals surface area (Å²) in [6.07, 6.45) is -0.315. The largest absolute Gasteiger partial charge is 0.501 e. The maximum Gasteiger partial charge on any atom is 0.399 e. The van der Waals surface area contributed by atoms with Crippen LogP contribution in [0.25, 0.3) is 0 Å². The van der Waals surface area contributed by atoms with E-state index in [1.54, 1.807) is 0 Å². The molecule has 1 amide bonds. The lowest BCUT2D eigenvalue weighted by molar-refractivity contribution is -0.156. The Hall–Kier alpha value is -4.93. The zero-order chi connectivity index (χ0) is 26.9. The Morgan fingerprint density at radius 3 is 2.57 bits per heavy atom. The van der Waals surface area contributed by atoms with Gasteiger partial charge >= 0.3 is 6.18 Å². The third kappa shape index (κ3) is 4.79. The van der Waals surface area contributed by atoms with Gasteiger partial charge in [0.15, 0.2) is 5.69 Å². The fourth-order valence-corrected chi connectivity index (χ4v) is 4.01. The van der Waals surface area contributed by atoms with Crippen molar-refractivity contribution in [3.8, 4) is 11.8 Å². The Morgan fingerprint density at radius 2 is 1.97 bits per heavy atom. The van der Waals surface area contributed by atoms with Gasteiger partial charge in [-0.3, -0.25) is 18.8 Å². The summed E-state index contributed by atoms with van der Waals surface area (Å²) < 4.78 is 51.0. The van der Waals surface area contributed by atoms with E-state index in [0.29, 0.717) is 4.57 Å². The third-order valence-corrected chi connectivity index (χ3v) is 5.67. The normalized spacial score (nSPS) is 13.1. The lowest BCUT2D eigenvalue weighted by Crippen LogP contribution is -2.36. The molecule has 4 rings (SSSR count). The van der Waals surface area contributed by atoms with E-state index in [-0.39, 0.29) is 22.4 Å². The van der Waals surface area contributed by atoms with Crippen molar-refractivity contribution in [2.24, 2.45) is 14.1 Å². The van der Waals surface area contributed by atoms with Gasteiger partial charge in [-0.25, -0.2) is 4.98 Å². The number of nitriles is 1. The molecule has 0 fully saturated rings. The first-order chi connectivity index (χ1) is 17.5. The Bertz CT molecular complexity index is 1550. The zero-order valence-corrected chi connectivity index (χ0v) is 19.3. The van der Waals surface area contributed by atoms with Crippen LogP contribution in [-0.4, -0.2) is 41.7 Å². The number of carbonyl (C=O) groups is 1. The van der Waals surface area contributed by atoms with E-state index in [2.05, 4.69) is 25.1 Å². The number of anilines is 1. The summed E-state index contributed by atoms with van der Waals surface area (Å²) in [6, 6.07) is 7.62. The van der Waals surface area contributed by atoms with Gasteiger partial charge < -0.3 is 14.9 Å². The number of amides is 1. The van der Waals surface area contributed by atoms with Crippen LogP contribution in [0.1, 0.15) is 44.8 Å². The number of aryl methyl sites for hydroxylation is 1. The zero-order valence-electron chi connectivity index (χ0n) is 19.3. The monoisotopic (exact) mass is 513 g/mol. The minimum absolute atomic E-state index is 0.0122. The SMILES string of the molecule is Cn1cc([C@H](c2ccccc2C#N)[C@@H](c2nc(C(=O)Nc3cnoc3)c(O)c(=O)n2C)C(F)(F)F)cn1. The second-order valence-corrected chi connectivity index (χ2v) is 8.04. The quantitative estimate of drug-likeness (QED) is 0.399. The molecule has 0 aliphatic rings. The Morgan fingerprint density at radius 1 is 1.24 bits per heavy atom. The van der Waals surface area contributed by atoms with Gasteiger partial charge in [0, 0.05) is 26.2 Å². The second-order valence-electron chi connectivity index (χ2n) is 8.04. The molecule has 0 radical (unpaired) electrons. The number of hydrogen-bond acceptors (Lipinski definition) is 8. The van der Waals surface area contributed by atoms with Crippen LogP contribution >= 0.6 is 0 Å². The number of benzene rings is 1. The average molecular weight is 513 g/mol. The molecular weight excluding hydrogens is 495 g/mol. The molecule has 4 aromatic rings. The van der Waals surface area contributed by atoms with E-state index < -0.39 is 46.7 Å². The number of nitrogens with zero attached hydrogens (tertiary/aromatic N) is 6. The van der Waals surface area contributed by atoms with Crippen molar-refractivity contribution in [3.63, 3.8) is 0 Å². The van der Waals surface area contributed by atoms with E-state index in [0.717, 1.165) is 19.5 Å². The molecule has 0 bridgehead atoms. The van der Waals surface area contributed by atoms with Gasteiger partial charge in [0.2, 0.25) is 5.75 Å². The van der Waals surface area contributed by atoms with Crippen molar-refractivity contribution in [2.45, 2.75) is 18.0 Å². The molecule has 2 N–H and O–H groups in total. The van der Waals surface area contributed by atoms with Gasteiger partial charge in [-0.05, 0) is 17.2 Å². The highest BCUT2D eigenvalue weighted by Gasteiger charge is 2.50. The Kier molecular flexibility index (Phi) is 6.54. The molecule has 3 aromatic heterocycles. The predicted molar refractivity (Wildman–Crippen MR) is 121 cm³/mol. The molecule has 190 valence electrons. The fraction of sp³-hybridized carbons (Fsp3) is 0.217. The molecule has 11 nitrogen and oxygen atoms in total. The number of rotatable bonds is 6. The minimum Gasteiger partial charge on any atom is -0.501 e. The first-order valence-electron chi connectivity index (χ1n) is 10.6. The predicted octanol–water partition coefficient (Wildman–Crippen LogP) is 2.81. The number of halogens is 3. The topological polar surface area (TPSA) is 152 Å². The summed E-state index contributed by atoms with van der Waals surface area (Å²) in [5, 5.41) is 29.5. The summed E-state index contributed by atoms with van der Waals surface area (Å²) in [5.74, 6) is -7.26. The standard InChI is InChI=1S/C23H18F3N7O4/c1-32-10-13(8-28-32)16(15-6-4-3-5-12(15)7-27)17(23(24,25)26)20-31-18(19(34)22(36)33(20)2)21(35)30-14-9-29-37-11-14/h3-6,8-11,16-17,34H,1-2H3,(H,30,35)/t16-,17+/m1/s1. The lowest BCUT2D eigenvalue weighted by atomic mass is 9.79. The summed E-state index contributed by atoms with van der Waals surface area (Å²) >= 11 is 0. The Labute approximate surface area is 206 Å². The average Bonchev–Trinajstić information content (AvgIpc) is 3.52. The van der Waals surface area contributed by atoms with Crippen molar-refractivity contribution in [3.05, 3.63) is 87.7 Å². The summed E-state index contributed by atoms with van der Waals surface area (Å²) in [5.41, 5.74) is -2.10. The van der Waals surface area contributed by atoms with Crippen molar-refractivity contribution < 1.29 is 27.6 Å². The van der Waals surface area contributed by atoms with Crippen molar-refractivity contribution in [1.82, 2.24) is 24.5 Å². The highest BCUT2D eigenvalue weighted by molar-refractivity contribution is 6.04. The van der Waals surface area contributed by atoms with Gasteiger partial charge in [-0.2, -0.15) is 23.5 Å². The molecule has 0 saturated heterocycles. The van der Waals surface area contributed by atoms with Gasteiger partial charge in [0.05, 0.1) is 24.0 Å². The molecular formula is C23H18F3N7O4. The molecule has 14 heteroatoms. The van der Waals surface area contributed by atoms with Crippen molar-refractivity contribution in [2.75, 3.05) is 5.32 Å². The van der Waals surface area contributed by atoms with Gasteiger partial charge in [0.25, 0.3) is 11.5 Å². The highest BCUT2D eigenvalue weighted by Crippen LogP contribution is 2.48. The molecule has 0 unspecified atom stereocenters. The van der Waals surface area contributed by atoms with Crippen LogP contribution in [-0.2, 0) is 14.1 Å². The molecule has 37 heavy (non-hydrogen) atoms. The lowest BCUT2D eigenvalue weighted by Gasteiger charge is -2.30. The summed E-state index contributed by atoms with van der Waals surface area (Å²) in [4.78, 5) is 29.4. The number of alkyl halides is 3. The van der Waals surface area contributed by atoms with E-state index in [9.17, 15) is 33.1 Å². The first kappa shape index (κ1) is 25.2. The van der Waals surface area contributed by atoms with Gasteiger partial charge in [0.1, 0.15) is 23.7 Å². The van der Waals surface area contributed by atoms with Crippen molar-refractivity contribution in [1.29, 1.82) is 5.26 Å². The van der Waals surface area contributed by atoms with E-state index in [4.69, 9.17) is 0 Å². The number of aromatic hydroxyl groups is 1. The molecule has 2 atom stereocenters. The van der Waals surface area contributed by atoms with E-state index >= 15 is 0 Å². The van der Waals surface area contributed by atoms with Crippen LogP contribution in [0.15, 0.2) is 58.4 Å². The molecule has 0 aliphatic carbocycles. The van der Waals surface area contributed by atoms with Gasteiger partial charge in [-0.15, -0.1) is 0 Å². The molecule has 0 saturated carbocycles. The third-order valence-electron chi connectivity index (χ3n) is 5.67. The fourth-order valence-electron chi connectivity index (χ4n) is 4.01. The second kappa shape index (κ2) is 9.61. The summed E-state index contributed by atoms with van der Waals surface area (Å²) in [6.45, 7) is 0. The van der Waals surface area contributed by atoms with Gasteiger partial charge in [-0.1, -0.05) is 23.4 Å². The minimum atomic E-state index is -5.03. The first-order valence-corrected chi connectivity index (χ1v) is 10.6. The van der Waals surface area contributed by atoms with Crippen LogP contribution in [0.3, 0.4) is 0 Å². The van der Waals surface area contributed by atoms with E-state index in [1.807, 2.05) is 6.07 Å². The number of carbonyl (C=O) groups excluding carboxylic acids is 1. The number of hydrogen-bond donors (Lipinski definition) is 2. The van der Waals surface area contributed by atoms with E-state index in [1.165, 1.54) is 48.4 Å². The number of aromatic nitrogens is 5. The molecule has 0 aliphatic heterocycles. The maximum atomic E-state index is 14.9. The van der Waals surface area contributed by atoms with Crippen LogP contribution in [0.4, 0.5) is 18.9 Å².